The summed E-state index contributed by atoms with van der Waals surface area (Å²) in [7, 11) is 0. The normalized spacial score (nSPS) is 11.4. The van der Waals surface area contributed by atoms with Gasteiger partial charge in [0, 0.05) is 17.8 Å². The van der Waals surface area contributed by atoms with Gasteiger partial charge >= 0.3 is 5.97 Å². The highest BCUT2D eigenvalue weighted by Gasteiger charge is 2.17. The molecule has 3 aromatic rings. The smallest absolute Gasteiger partial charge is 0.376 e. The van der Waals surface area contributed by atoms with E-state index in [0.29, 0.717) is 18.1 Å². The first-order chi connectivity index (χ1) is 15.2. The van der Waals surface area contributed by atoms with Gasteiger partial charge in [-0.2, -0.15) is 0 Å². The number of rotatable bonds is 7. The number of aliphatic hydroxyl groups excluding tert-OH is 1. The molecule has 32 heavy (non-hydrogen) atoms. The van der Waals surface area contributed by atoms with E-state index in [2.05, 4.69) is 0 Å². The zero-order chi connectivity index (χ0) is 23.4. The first kappa shape index (κ1) is 23.0. The summed E-state index contributed by atoms with van der Waals surface area (Å²) in [6, 6.07) is 13.5. The van der Waals surface area contributed by atoms with Crippen LogP contribution in [0.15, 0.2) is 65.6 Å². The number of aliphatic hydroxyl groups is 1. The van der Waals surface area contributed by atoms with Crippen LogP contribution in [-0.4, -0.2) is 26.5 Å². The van der Waals surface area contributed by atoms with Crippen molar-refractivity contribution in [2.75, 3.05) is 0 Å². The lowest BCUT2D eigenvalue weighted by Crippen LogP contribution is -2.25. The lowest BCUT2D eigenvalue weighted by atomic mass is 10.0. The number of aliphatic carboxylic acids is 1. The van der Waals surface area contributed by atoms with Crippen molar-refractivity contribution in [1.29, 1.82) is 0 Å². The number of carboxylic acids is 1. The van der Waals surface area contributed by atoms with E-state index >= 15 is 0 Å². The minimum absolute atomic E-state index is 0.0958. The van der Waals surface area contributed by atoms with Crippen LogP contribution in [-0.2, 0) is 22.6 Å². The number of hydrogen-bond donors (Lipinski definition) is 2. The van der Waals surface area contributed by atoms with E-state index in [4.69, 9.17) is 16.7 Å². The zero-order valence-electron chi connectivity index (χ0n) is 17.0. The van der Waals surface area contributed by atoms with E-state index < -0.39 is 28.9 Å². The molecular weight excluding hydrogens is 437 g/mol. The molecule has 0 atom stereocenters. The van der Waals surface area contributed by atoms with Gasteiger partial charge in [-0.05, 0) is 36.6 Å². The Kier molecular flexibility index (Phi) is 6.90. The summed E-state index contributed by atoms with van der Waals surface area (Å²) >= 11 is 5.84. The molecule has 164 valence electrons. The number of ketones is 1. The Morgan fingerprint density at radius 3 is 2.50 bits per heavy atom. The summed E-state index contributed by atoms with van der Waals surface area (Å²) in [5.41, 5.74) is 1.72. The number of aryl methyl sites for hydroxylation is 1. The molecule has 0 saturated carbocycles. The summed E-state index contributed by atoms with van der Waals surface area (Å²) in [5.74, 6) is -4.60. The Morgan fingerprint density at radius 2 is 1.81 bits per heavy atom. The molecule has 0 aliphatic carbocycles. The number of aromatic nitrogens is 1. The average Bonchev–Trinajstić information content (AvgIpc) is 2.73. The third-order valence-electron chi connectivity index (χ3n) is 4.76. The Labute approximate surface area is 187 Å². The molecule has 0 aliphatic rings. The monoisotopic (exact) mass is 455 g/mol. The van der Waals surface area contributed by atoms with Gasteiger partial charge in [0.1, 0.15) is 11.6 Å². The third kappa shape index (κ3) is 5.31. The van der Waals surface area contributed by atoms with Crippen LogP contribution in [0, 0.1) is 12.7 Å². The van der Waals surface area contributed by atoms with Gasteiger partial charge in [0.15, 0.2) is 0 Å². The van der Waals surface area contributed by atoms with Crippen molar-refractivity contribution in [3.63, 3.8) is 0 Å². The van der Waals surface area contributed by atoms with Crippen LogP contribution in [0.25, 0.3) is 5.76 Å². The second-order valence-corrected chi connectivity index (χ2v) is 7.68. The van der Waals surface area contributed by atoms with Crippen molar-refractivity contribution in [2.24, 2.45) is 0 Å². The van der Waals surface area contributed by atoms with Crippen molar-refractivity contribution in [3.8, 4) is 0 Å². The molecule has 2 N–H and O–H groups in total. The Hall–Kier alpha value is -3.71. The van der Waals surface area contributed by atoms with Gasteiger partial charge < -0.3 is 14.8 Å². The van der Waals surface area contributed by atoms with E-state index in [0.717, 1.165) is 11.1 Å². The maximum absolute atomic E-state index is 14.4. The predicted octanol–water partition coefficient (Wildman–Crippen LogP) is 4.14. The third-order valence-corrected chi connectivity index (χ3v) is 5.05. The first-order valence-electron chi connectivity index (χ1n) is 9.56. The van der Waals surface area contributed by atoms with Gasteiger partial charge in [0.2, 0.25) is 0 Å². The molecule has 2 aromatic carbocycles. The van der Waals surface area contributed by atoms with Crippen molar-refractivity contribution in [2.45, 2.75) is 19.9 Å². The predicted molar refractivity (Wildman–Crippen MR) is 118 cm³/mol. The maximum Gasteiger partial charge on any atom is 0.376 e. The number of hydrogen-bond acceptors (Lipinski definition) is 4. The molecule has 8 heteroatoms. The minimum Gasteiger partial charge on any atom is -0.507 e. The number of benzene rings is 2. The van der Waals surface area contributed by atoms with Gasteiger partial charge in [-0.1, -0.05) is 53.6 Å². The van der Waals surface area contributed by atoms with E-state index in [1.54, 1.807) is 6.07 Å². The highest BCUT2D eigenvalue weighted by molar-refractivity contribution is 6.38. The molecule has 1 aromatic heterocycles. The van der Waals surface area contributed by atoms with E-state index in [-0.39, 0.29) is 22.7 Å². The van der Waals surface area contributed by atoms with Crippen molar-refractivity contribution in [3.05, 3.63) is 110 Å². The van der Waals surface area contributed by atoms with Crippen LogP contribution in [0.3, 0.4) is 0 Å². The molecule has 0 spiro atoms. The lowest BCUT2D eigenvalue weighted by molar-refractivity contribution is -0.146. The molecule has 0 saturated heterocycles. The first-order valence-corrected chi connectivity index (χ1v) is 9.93. The summed E-state index contributed by atoms with van der Waals surface area (Å²) in [6.07, 6.45) is 2.38. The Bertz CT molecular complexity index is 1300. The second kappa shape index (κ2) is 9.62. The molecule has 0 fully saturated rings. The van der Waals surface area contributed by atoms with Crippen molar-refractivity contribution >= 4 is 29.1 Å². The number of carbonyl (C=O) groups excluding carboxylic acids is 1. The van der Waals surface area contributed by atoms with Gasteiger partial charge in [0.25, 0.3) is 11.3 Å². The van der Waals surface area contributed by atoms with Crippen LogP contribution < -0.4 is 5.56 Å². The van der Waals surface area contributed by atoms with Crippen molar-refractivity contribution in [1.82, 2.24) is 4.57 Å². The minimum atomic E-state index is -1.77. The summed E-state index contributed by atoms with van der Waals surface area (Å²) < 4.78 is 15.6. The fourth-order valence-electron chi connectivity index (χ4n) is 3.27. The number of carbonyl (C=O) groups is 2. The maximum atomic E-state index is 14.4. The van der Waals surface area contributed by atoms with E-state index in [9.17, 15) is 23.9 Å². The van der Waals surface area contributed by atoms with Crippen LogP contribution in [0.4, 0.5) is 4.39 Å². The highest BCUT2D eigenvalue weighted by Crippen LogP contribution is 2.20. The highest BCUT2D eigenvalue weighted by atomic mass is 35.5. The molecule has 6 nitrogen and oxygen atoms in total. The van der Waals surface area contributed by atoms with E-state index in [1.807, 2.05) is 31.2 Å². The van der Waals surface area contributed by atoms with Gasteiger partial charge in [-0.3, -0.25) is 9.59 Å². The SMILES string of the molecule is Cc1cccc(Cc2cc(/C(O)=C/C(=O)C(=O)O)c(=O)n(Cc3cccc(Cl)c3F)c2)c1. The topological polar surface area (TPSA) is 96.6 Å². The van der Waals surface area contributed by atoms with E-state index in [1.165, 1.54) is 29.0 Å². The molecule has 0 unspecified atom stereocenters. The molecule has 3 rings (SSSR count). The molecule has 0 radical (unpaired) electrons. The Morgan fingerprint density at radius 1 is 1.09 bits per heavy atom. The lowest BCUT2D eigenvalue weighted by Gasteiger charge is -2.13. The van der Waals surface area contributed by atoms with Crippen LogP contribution in [0.5, 0.6) is 0 Å². The van der Waals surface area contributed by atoms with Gasteiger partial charge in [0.05, 0.1) is 17.1 Å². The van der Waals surface area contributed by atoms with Crippen LogP contribution in [0.1, 0.15) is 27.8 Å². The number of pyridine rings is 1. The summed E-state index contributed by atoms with van der Waals surface area (Å²) in [6.45, 7) is 1.75. The zero-order valence-corrected chi connectivity index (χ0v) is 17.8. The molecule has 0 amide bonds. The largest absolute Gasteiger partial charge is 0.507 e. The fourth-order valence-corrected chi connectivity index (χ4v) is 3.47. The van der Waals surface area contributed by atoms with Crippen LogP contribution in [0.2, 0.25) is 5.02 Å². The standard InChI is InChI=1S/C24H19ClFNO5/c1-14-4-2-5-15(8-14)9-16-10-18(20(28)11-21(29)24(31)32)23(30)27(12-16)13-17-6-3-7-19(25)22(17)26/h2-8,10-12,28H,9,13H2,1H3,(H,31,32)/b20-11-. The molecular formula is C24H19ClFNO5. The fraction of sp³-hybridized carbons (Fsp3) is 0.125. The van der Waals surface area contributed by atoms with Gasteiger partial charge in [-0.25, -0.2) is 9.18 Å². The Balaban J connectivity index is 2.12. The summed E-state index contributed by atoms with van der Waals surface area (Å²) in [5, 5.41) is 19.0. The molecule has 0 aliphatic heterocycles. The molecule has 0 bridgehead atoms. The second-order valence-electron chi connectivity index (χ2n) is 7.27. The summed E-state index contributed by atoms with van der Waals surface area (Å²) in [4.78, 5) is 35.3. The van der Waals surface area contributed by atoms with Crippen LogP contribution >= 0.6 is 11.6 Å². The van der Waals surface area contributed by atoms with Gasteiger partial charge in [-0.15, -0.1) is 0 Å². The number of halogens is 2. The number of carboxylic acid groups (broad SMARTS) is 1. The van der Waals surface area contributed by atoms with Crippen molar-refractivity contribution < 1.29 is 24.2 Å². The quantitative estimate of drug-likeness (QED) is 0.317. The molecule has 1 heterocycles. The average molecular weight is 456 g/mol. The number of nitrogens with zero attached hydrogens (tertiary/aromatic N) is 1.